The van der Waals surface area contributed by atoms with E-state index >= 15 is 0 Å². The minimum absolute atomic E-state index is 0.00600. The zero-order valence-electron chi connectivity index (χ0n) is 96.2. The quantitative estimate of drug-likeness (QED) is 0.00969. The van der Waals surface area contributed by atoms with Gasteiger partial charge in [0, 0.05) is 105 Å². The molecule has 48 heteroatoms. The molecular formula is C96H124F4N24O16S4. The van der Waals surface area contributed by atoms with E-state index in [2.05, 4.69) is 102 Å². The van der Waals surface area contributed by atoms with Gasteiger partial charge in [-0.05, 0) is 148 Å². The molecule has 0 aliphatic heterocycles. The van der Waals surface area contributed by atoms with Crippen LogP contribution >= 0.6 is 47.0 Å². The molecule has 4 aromatic carbocycles. The van der Waals surface area contributed by atoms with Crippen molar-refractivity contribution in [3.05, 3.63) is 141 Å². The second-order valence-corrected chi connectivity index (χ2v) is 39.8. The Morgan fingerprint density at radius 3 is 0.979 bits per heavy atom. The van der Waals surface area contributed by atoms with Crippen molar-refractivity contribution in [3.63, 3.8) is 0 Å². The summed E-state index contributed by atoms with van der Waals surface area (Å²) in [6, 6.07) is 11.5. The molecule has 0 amide bonds. The standard InChI is InChI=1S/4C24H31FN6O4S/c4*1-3-8-36-24-27-22(26-16-10-14(16)13-5-4-12(2)15(25)9-13)19-23(28-24)31(30-29-19)17-11-18(35-7-6-32)21(34)20(17)33/h4*4-5,9,14,16-18,20-21,32-34H,3,6-8,10-11H2,1-2H3,(H,26,27,28)/t4*14-,16+,17+,18-,20-,21+/m0000/s1/i3D2,6D2,7D2,8D2,10D2;7D2,16D;6D2,16D;16D. The average Bonchev–Trinajstić information content (AvgIpc) is 1.54. The number of thioether (sulfide) groups is 4. The zero-order chi connectivity index (χ0) is 117. The average molecular weight is 2090 g/mol. The van der Waals surface area contributed by atoms with E-state index in [-0.39, 0.29) is 119 Å². The van der Waals surface area contributed by atoms with E-state index in [1.54, 1.807) is 52.0 Å². The van der Waals surface area contributed by atoms with Crippen LogP contribution in [0.2, 0.25) is 0 Å². The van der Waals surface area contributed by atoms with Crippen molar-refractivity contribution in [2.24, 2.45) is 0 Å². The van der Waals surface area contributed by atoms with Crippen molar-refractivity contribution >= 4 is 115 Å². The predicted octanol–water partition coefficient (Wildman–Crippen LogP) is 8.73. The number of nitrogens with zero attached hydrogens (tertiary/aromatic N) is 20. The number of benzene rings is 4. The molecule has 0 unspecified atom stereocenters. The van der Waals surface area contributed by atoms with Gasteiger partial charge in [-0.25, -0.2) is 76.2 Å². The number of aryl methyl sites for hydroxylation is 4. The van der Waals surface area contributed by atoms with Crippen LogP contribution in [0.4, 0.5) is 40.8 Å². The summed E-state index contributed by atoms with van der Waals surface area (Å²) in [5, 5.41) is 169. The Kier molecular flexibility index (Phi) is 28.1. The van der Waals surface area contributed by atoms with E-state index in [1.807, 2.05) is 39.0 Å². The van der Waals surface area contributed by atoms with E-state index in [4.69, 9.17) is 47.4 Å². The maximum atomic E-state index is 14.3. The normalized spacial score (nSPS) is 31.8. The molecule has 16 N–H and O–H groups in total. The van der Waals surface area contributed by atoms with Crippen molar-refractivity contribution in [3.8, 4) is 0 Å². The smallest absolute Gasteiger partial charge is 0.191 e. The molecule has 8 fully saturated rings. The number of halogens is 4. The summed E-state index contributed by atoms with van der Waals surface area (Å²) >= 11 is 4.61. The summed E-state index contributed by atoms with van der Waals surface area (Å²) in [6.45, 7) is 0.350. The lowest BCUT2D eigenvalue weighted by atomic mass is 10.1. The molecule has 0 saturated heterocycles. The summed E-state index contributed by atoms with van der Waals surface area (Å²) in [7, 11) is 0. The van der Waals surface area contributed by atoms with Crippen LogP contribution in [-0.4, -0.2) is 334 Å². The van der Waals surface area contributed by atoms with Crippen LogP contribution in [0.1, 0.15) is 220 Å². The number of ether oxygens (including phenoxy) is 4. The van der Waals surface area contributed by atoms with Gasteiger partial charge in [0.2, 0.25) is 0 Å². The number of aromatic nitrogens is 20. The fraction of sp³-hybridized carbons (Fsp3) is 0.583. The van der Waals surface area contributed by atoms with Crippen molar-refractivity contribution in [1.29, 1.82) is 0 Å². The maximum absolute atomic E-state index is 14.3. The number of aliphatic hydroxyl groups excluding tert-OH is 10. The highest BCUT2D eigenvalue weighted by Crippen LogP contribution is 2.50. The molecule has 144 heavy (non-hydrogen) atoms. The van der Waals surface area contributed by atoms with Gasteiger partial charge in [0.25, 0.3) is 0 Å². The lowest BCUT2D eigenvalue weighted by Crippen LogP contribution is -2.33. The van der Waals surface area contributed by atoms with Crippen LogP contribution in [0.25, 0.3) is 44.7 Å². The lowest BCUT2D eigenvalue weighted by Gasteiger charge is -2.17. The van der Waals surface area contributed by atoms with Gasteiger partial charge in [-0.1, -0.05) is 144 Å². The van der Waals surface area contributed by atoms with Gasteiger partial charge in [-0.3, -0.25) is 0 Å². The number of rotatable bonds is 40. The van der Waals surface area contributed by atoms with Gasteiger partial charge in [0.15, 0.2) is 88.6 Å². The Morgan fingerprint density at radius 1 is 0.375 bits per heavy atom. The number of hydrogen-bond donors (Lipinski definition) is 16. The molecule has 40 nitrogen and oxygen atoms in total. The number of anilines is 4. The highest BCUT2D eigenvalue weighted by molar-refractivity contribution is 7.99. The fourth-order valence-corrected chi connectivity index (χ4v) is 20.2. The topological polar surface area (TPSA) is 554 Å². The van der Waals surface area contributed by atoms with Gasteiger partial charge in [-0.2, -0.15) is 0 Å². The molecule has 20 rings (SSSR count). The molecule has 8 saturated carbocycles. The minimum Gasteiger partial charge on any atom is -0.394 e. The monoisotopic (exact) mass is 2090 g/mol. The first-order chi connectivity index (χ1) is 75.6. The van der Waals surface area contributed by atoms with Crippen LogP contribution in [-0.2, 0) is 18.9 Å². The molecule has 8 heterocycles. The van der Waals surface area contributed by atoms with E-state index < -0.39 is 191 Å². The molecular weight excluding hydrogens is 1950 g/mol. The van der Waals surface area contributed by atoms with E-state index in [9.17, 15) is 73.7 Å². The first-order valence-electron chi connectivity index (χ1n) is 55.5. The Hall–Kier alpha value is -9.52. The highest BCUT2D eigenvalue weighted by Gasteiger charge is 2.51. The third-order valence-electron chi connectivity index (χ3n) is 25.9. The van der Waals surface area contributed by atoms with Crippen molar-refractivity contribution in [1.82, 2.24) is 99.8 Å². The predicted molar refractivity (Wildman–Crippen MR) is 530 cm³/mol. The first-order valence-corrected chi connectivity index (χ1v) is 50.8. The van der Waals surface area contributed by atoms with Crippen LogP contribution in [0.15, 0.2) is 93.4 Å². The van der Waals surface area contributed by atoms with Gasteiger partial charge in [-0.15, -0.1) is 20.4 Å². The van der Waals surface area contributed by atoms with Crippen LogP contribution in [0.3, 0.4) is 0 Å². The molecule has 0 bridgehead atoms. The van der Waals surface area contributed by atoms with Crippen molar-refractivity contribution in [2.75, 3.05) is 96.9 Å². The largest absolute Gasteiger partial charge is 0.394 e. The molecule has 0 radical (unpaired) electrons. The zero-order valence-corrected chi connectivity index (χ0v) is 82.4. The maximum Gasteiger partial charge on any atom is 0.191 e. The second kappa shape index (κ2) is 47.3. The second-order valence-electron chi connectivity index (χ2n) is 35.9. The molecule has 8 aliphatic carbocycles. The Bertz CT molecular complexity index is 7340. The third-order valence-corrected chi connectivity index (χ3v) is 29.7. The van der Waals surface area contributed by atoms with Crippen molar-refractivity contribution in [2.45, 2.75) is 298 Å². The van der Waals surface area contributed by atoms with Gasteiger partial charge in [0.05, 0.1) is 116 Å². The molecule has 24 atom stereocenters. The van der Waals surface area contributed by atoms with E-state index in [0.29, 0.717) is 108 Å². The first kappa shape index (κ1) is 85.4. The molecule has 8 aliphatic rings. The van der Waals surface area contributed by atoms with Gasteiger partial charge < -0.3 is 101 Å². The Morgan fingerprint density at radius 2 is 0.681 bits per heavy atom. The summed E-state index contributed by atoms with van der Waals surface area (Å²) < 4.78 is 219. The number of nitrogens with one attached hydrogen (secondary N) is 4. The van der Waals surface area contributed by atoms with E-state index in [0.717, 1.165) is 59.3 Å². The molecule has 12 aromatic rings. The number of aliphatic hydroxyl groups is 12. The minimum atomic E-state index is -3.45. The molecule has 0 spiro atoms. The van der Waals surface area contributed by atoms with Gasteiger partial charge in [0.1, 0.15) is 72.1 Å². The summed E-state index contributed by atoms with van der Waals surface area (Å²) in [5.74, 6) is 0.0787. The molecule has 8 aromatic heterocycles. The van der Waals surface area contributed by atoms with E-state index in [1.165, 1.54) is 79.7 Å². The summed E-state index contributed by atoms with van der Waals surface area (Å²) in [6.07, 6.45) is -15.7. The lowest BCUT2D eigenvalue weighted by molar-refractivity contribution is -0.0629. The van der Waals surface area contributed by atoms with Crippen LogP contribution < -0.4 is 21.3 Å². The highest BCUT2D eigenvalue weighted by atomic mass is 32.2. The number of hydrogen-bond acceptors (Lipinski definition) is 40. The number of fused-ring (bicyclic) bond motifs is 4. The Labute approximate surface area is 867 Å². The van der Waals surface area contributed by atoms with Crippen LogP contribution in [0, 0.1) is 51.0 Å². The van der Waals surface area contributed by atoms with Gasteiger partial charge >= 0.3 is 0 Å². The summed E-state index contributed by atoms with van der Waals surface area (Å²) in [5.41, 5.74) is 3.61. The van der Waals surface area contributed by atoms with Crippen LogP contribution in [0.5, 0.6) is 0 Å². The Balaban J connectivity index is 0.000000145. The van der Waals surface area contributed by atoms with Crippen molar-refractivity contribution < 1.29 is 121 Å². The summed E-state index contributed by atoms with van der Waals surface area (Å²) in [4.78, 5) is 36.2. The fourth-order valence-electron chi connectivity index (χ4n) is 17.7. The SMILES string of the molecule is [2H]C([2H])(CO)O[C@H]1C[C@@H](n2nnc3c(N[C@]4([2H])C[C@H]4c4ccc(C)c(F)c4)nc(SCCC)nc32)[C@H](O)[C@@H]1O.[2H]C([2H])(O)CO[C@H]1C[C@@H](n2nnc3c(N[C@]4([2H])C[C@H]4c4ccc(C)c(F)c4)nc(SCCC)nc32)[C@H](O)[C@@H]1O.[2H]C1([2H])[C@@H](Nc2nc(SC([2H])([2H])C([2H])([2H])C)nc3c2nnn3[C@@H]2C[C@H](OC([2H])([2H])C([2H])([2H])O)[C@@H](O)[C@H]2O)[C@@H]1c1ccc(C)c(F)c1.[2H][C@@]1(Nc2nc(SCCC)nc3c2nnn3[C@@H]2C[C@H](OCCO)[C@@H](O)[C@H]2O)C[C@H]1c1ccc(C)c(F)c1. The molecule has 776 valence electrons. The third kappa shape index (κ3) is 23.8.